The van der Waals surface area contributed by atoms with Gasteiger partial charge in [0.1, 0.15) is 0 Å². The minimum atomic E-state index is 0.0411. The Balaban J connectivity index is 2.15. The fourth-order valence-electron chi connectivity index (χ4n) is 2.86. The van der Waals surface area contributed by atoms with E-state index in [0.29, 0.717) is 29.5 Å². The van der Waals surface area contributed by atoms with Crippen LogP contribution in [0.15, 0.2) is 18.2 Å². The summed E-state index contributed by atoms with van der Waals surface area (Å²) in [5.74, 6) is 1.21. The van der Waals surface area contributed by atoms with Crippen molar-refractivity contribution in [2.45, 2.75) is 33.1 Å². The third-order valence-corrected chi connectivity index (χ3v) is 3.83. The van der Waals surface area contributed by atoms with Crippen LogP contribution in [-0.4, -0.2) is 30.5 Å². The van der Waals surface area contributed by atoms with Gasteiger partial charge in [0.25, 0.3) is 5.91 Å². The van der Waals surface area contributed by atoms with Crippen LogP contribution in [0.2, 0.25) is 0 Å². The molecule has 1 aliphatic rings. The summed E-state index contributed by atoms with van der Waals surface area (Å²) in [4.78, 5) is 14.6. The Kier molecular flexibility index (Phi) is 4.88. The van der Waals surface area contributed by atoms with Crippen LogP contribution in [0, 0.1) is 5.92 Å². The molecule has 0 spiro atoms. The van der Waals surface area contributed by atoms with Crippen LogP contribution in [0.1, 0.15) is 43.5 Å². The average molecular weight is 276 g/mol. The van der Waals surface area contributed by atoms with Gasteiger partial charge in [0.15, 0.2) is 5.75 Å². The average Bonchev–Trinajstić information content (AvgIpc) is 2.89. The molecule has 1 aromatic carbocycles. The maximum absolute atomic E-state index is 12.6. The third-order valence-electron chi connectivity index (χ3n) is 3.83. The SMILES string of the molecule is CCCC1CCN(C(=O)c2cccc(N)c2OCC)C1. The number of benzene rings is 1. The lowest BCUT2D eigenvalue weighted by Gasteiger charge is -2.19. The van der Waals surface area contributed by atoms with E-state index in [1.54, 1.807) is 12.1 Å². The highest BCUT2D eigenvalue weighted by molar-refractivity contribution is 5.98. The van der Waals surface area contributed by atoms with Gasteiger partial charge in [0, 0.05) is 13.1 Å². The number of ether oxygens (including phenoxy) is 1. The largest absolute Gasteiger partial charge is 0.491 e. The molecule has 0 aliphatic carbocycles. The number of hydrogen-bond acceptors (Lipinski definition) is 3. The Morgan fingerprint density at radius 3 is 2.95 bits per heavy atom. The predicted molar refractivity (Wildman–Crippen MR) is 80.9 cm³/mol. The molecule has 0 saturated carbocycles. The van der Waals surface area contributed by atoms with Gasteiger partial charge in [0.2, 0.25) is 0 Å². The molecule has 20 heavy (non-hydrogen) atoms. The second-order valence-electron chi connectivity index (χ2n) is 5.35. The zero-order valence-electron chi connectivity index (χ0n) is 12.4. The van der Waals surface area contributed by atoms with Gasteiger partial charge >= 0.3 is 0 Å². The normalized spacial score (nSPS) is 18.3. The summed E-state index contributed by atoms with van der Waals surface area (Å²) >= 11 is 0. The van der Waals surface area contributed by atoms with Crippen molar-refractivity contribution in [3.8, 4) is 5.75 Å². The Labute approximate surface area is 120 Å². The molecule has 2 N–H and O–H groups in total. The van der Waals surface area contributed by atoms with E-state index in [2.05, 4.69) is 6.92 Å². The van der Waals surface area contributed by atoms with Crippen molar-refractivity contribution in [1.29, 1.82) is 0 Å². The van der Waals surface area contributed by atoms with Crippen molar-refractivity contribution >= 4 is 11.6 Å². The van der Waals surface area contributed by atoms with Crippen LogP contribution >= 0.6 is 0 Å². The number of hydrogen-bond donors (Lipinski definition) is 1. The standard InChI is InChI=1S/C16H24N2O2/c1-3-6-12-9-10-18(11-12)16(19)13-7-5-8-14(17)15(13)20-4-2/h5,7-8,12H,3-4,6,9-11,17H2,1-2H3. The van der Waals surface area contributed by atoms with Crippen molar-refractivity contribution in [1.82, 2.24) is 4.90 Å². The third kappa shape index (κ3) is 3.06. The number of anilines is 1. The molecular weight excluding hydrogens is 252 g/mol. The van der Waals surface area contributed by atoms with E-state index in [1.165, 1.54) is 12.8 Å². The van der Waals surface area contributed by atoms with Gasteiger partial charge in [-0.05, 0) is 37.8 Å². The molecule has 0 radical (unpaired) electrons. The lowest BCUT2D eigenvalue weighted by Crippen LogP contribution is -2.29. The van der Waals surface area contributed by atoms with Gasteiger partial charge < -0.3 is 15.4 Å². The number of carbonyl (C=O) groups is 1. The fraction of sp³-hybridized carbons (Fsp3) is 0.562. The van der Waals surface area contributed by atoms with Crippen molar-refractivity contribution in [3.63, 3.8) is 0 Å². The van der Waals surface area contributed by atoms with E-state index in [0.717, 1.165) is 19.5 Å². The molecule has 1 unspecified atom stereocenters. The molecule has 1 atom stereocenters. The highest BCUT2D eigenvalue weighted by atomic mass is 16.5. The summed E-state index contributed by atoms with van der Waals surface area (Å²) in [6.07, 6.45) is 3.47. The topological polar surface area (TPSA) is 55.6 Å². The number of carbonyl (C=O) groups excluding carboxylic acids is 1. The smallest absolute Gasteiger partial charge is 0.257 e. The molecule has 4 heteroatoms. The Morgan fingerprint density at radius 2 is 2.25 bits per heavy atom. The number of nitrogens with two attached hydrogens (primary N) is 1. The first-order valence-electron chi connectivity index (χ1n) is 7.47. The first-order valence-corrected chi connectivity index (χ1v) is 7.47. The predicted octanol–water partition coefficient (Wildman–Crippen LogP) is 2.93. The minimum Gasteiger partial charge on any atom is -0.491 e. The molecule has 1 heterocycles. The van der Waals surface area contributed by atoms with Gasteiger partial charge in [-0.3, -0.25) is 4.79 Å². The summed E-state index contributed by atoms with van der Waals surface area (Å²) in [7, 11) is 0. The van der Waals surface area contributed by atoms with Crippen LogP contribution < -0.4 is 10.5 Å². The lowest BCUT2D eigenvalue weighted by molar-refractivity contribution is 0.0782. The summed E-state index contributed by atoms with van der Waals surface area (Å²) in [5.41, 5.74) is 7.04. The van der Waals surface area contributed by atoms with Gasteiger partial charge in [-0.25, -0.2) is 0 Å². The van der Waals surface area contributed by atoms with Gasteiger partial charge in [-0.1, -0.05) is 19.4 Å². The maximum Gasteiger partial charge on any atom is 0.257 e. The first-order chi connectivity index (χ1) is 9.67. The van der Waals surface area contributed by atoms with Gasteiger partial charge in [-0.2, -0.15) is 0 Å². The van der Waals surface area contributed by atoms with E-state index < -0.39 is 0 Å². The quantitative estimate of drug-likeness (QED) is 0.841. The van der Waals surface area contributed by atoms with E-state index in [4.69, 9.17) is 10.5 Å². The summed E-state index contributed by atoms with van der Waals surface area (Å²) in [6, 6.07) is 5.38. The number of amides is 1. The van der Waals surface area contributed by atoms with E-state index in [9.17, 15) is 4.79 Å². The number of nitrogen functional groups attached to an aromatic ring is 1. The number of rotatable bonds is 5. The first kappa shape index (κ1) is 14.7. The number of likely N-dealkylation sites (tertiary alicyclic amines) is 1. The highest BCUT2D eigenvalue weighted by Crippen LogP contribution is 2.30. The zero-order chi connectivity index (χ0) is 14.5. The second kappa shape index (κ2) is 6.64. The summed E-state index contributed by atoms with van der Waals surface area (Å²) < 4.78 is 5.55. The molecule has 1 saturated heterocycles. The van der Waals surface area contributed by atoms with Crippen LogP contribution in [-0.2, 0) is 0 Å². The van der Waals surface area contributed by atoms with Crippen LogP contribution in [0.3, 0.4) is 0 Å². The number of nitrogens with zero attached hydrogens (tertiary/aromatic N) is 1. The van der Waals surface area contributed by atoms with Crippen LogP contribution in [0.25, 0.3) is 0 Å². The Morgan fingerprint density at radius 1 is 1.45 bits per heavy atom. The van der Waals surface area contributed by atoms with Gasteiger partial charge in [0.05, 0.1) is 17.9 Å². The van der Waals surface area contributed by atoms with Crippen LogP contribution in [0.4, 0.5) is 5.69 Å². The van der Waals surface area contributed by atoms with Crippen molar-refractivity contribution < 1.29 is 9.53 Å². The molecule has 1 aliphatic heterocycles. The molecule has 110 valence electrons. The highest BCUT2D eigenvalue weighted by Gasteiger charge is 2.28. The van der Waals surface area contributed by atoms with E-state index in [1.807, 2.05) is 17.9 Å². The maximum atomic E-state index is 12.6. The zero-order valence-corrected chi connectivity index (χ0v) is 12.4. The molecule has 2 rings (SSSR count). The Bertz CT molecular complexity index is 474. The summed E-state index contributed by atoms with van der Waals surface area (Å²) in [6.45, 7) is 6.28. The van der Waals surface area contributed by atoms with Crippen molar-refractivity contribution in [3.05, 3.63) is 23.8 Å². The monoisotopic (exact) mass is 276 g/mol. The molecule has 0 aromatic heterocycles. The van der Waals surface area contributed by atoms with E-state index in [-0.39, 0.29) is 5.91 Å². The van der Waals surface area contributed by atoms with Gasteiger partial charge in [-0.15, -0.1) is 0 Å². The lowest BCUT2D eigenvalue weighted by atomic mass is 10.0. The molecular formula is C16H24N2O2. The number of para-hydroxylation sites is 1. The molecule has 1 fully saturated rings. The van der Waals surface area contributed by atoms with Crippen LogP contribution in [0.5, 0.6) is 5.75 Å². The molecule has 0 bridgehead atoms. The fourth-order valence-corrected chi connectivity index (χ4v) is 2.86. The second-order valence-corrected chi connectivity index (χ2v) is 5.35. The minimum absolute atomic E-state index is 0.0411. The summed E-state index contributed by atoms with van der Waals surface area (Å²) in [5, 5.41) is 0. The van der Waals surface area contributed by atoms with Crippen molar-refractivity contribution in [2.24, 2.45) is 5.92 Å². The van der Waals surface area contributed by atoms with Crippen molar-refractivity contribution in [2.75, 3.05) is 25.4 Å². The Hall–Kier alpha value is -1.71. The molecule has 1 amide bonds. The molecule has 1 aromatic rings. The molecule has 4 nitrogen and oxygen atoms in total. The van der Waals surface area contributed by atoms with E-state index >= 15 is 0 Å².